The van der Waals surface area contributed by atoms with Gasteiger partial charge in [0.15, 0.2) is 0 Å². The number of benzene rings is 1. The van der Waals surface area contributed by atoms with Crippen LogP contribution in [0.3, 0.4) is 0 Å². The Kier molecular flexibility index (Phi) is 3.84. The van der Waals surface area contributed by atoms with Crippen LogP contribution in [0.25, 0.3) is 0 Å². The Hall–Kier alpha value is -0.780. The van der Waals surface area contributed by atoms with Crippen molar-refractivity contribution in [2.24, 2.45) is 5.92 Å². The van der Waals surface area contributed by atoms with E-state index in [1.807, 2.05) is 0 Å². The standard InChI is InChI=1S/C12H17ClN2O2S/c1-9-3-2-6-15(8-9)18(16,17)10-4-5-11(13)12(14)7-10/h4-5,7,9H,2-3,6,8,14H2,1H3. The van der Waals surface area contributed by atoms with Crippen molar-refractivity contribution in [3.8, 4) is 0 Å². The van der Waals surface area contributed by atoms with Gasteiger partial charge in [0.2, 0.25) is 10.0 Å². The molecule has 1 aliphatic rings. The molecule has 2 rings (SSSR count). The Morgan fingerprint density at radius 3 is 2.78 bits per heavy atom. The lowest BCUT2D eigenvalue weighted by molar-refractivity contribution is 0.281. The second-order valence-electron chi connectivity index (χ2n) is 4.79. The zero-order valence-corrected chi connectivity index (χ0v) is 11.8. The third kappa shape index (κ3) is 2.63. The first-order valence-corrected chi connectivity index (χ1v) is 7.78. The van der Waals surface area contributed by atoms with Crippen LogP contribution in [-0.2, 0) is 10.0 Å². The van der Waals surface area contributed by atoms with Gasteiger partial charge >= 0.3 is 0 Å². The summed E-state index contributed by atoms with van der Waals surface area (Å²) in [4.78, 5) is 0.221. The predicted octanol–water partition coefficient (Wildman–Crippen LogP) is 2.34. The largest absolute Gasteiger partial charge is 0.397 e. The first-order valence-electron chi connectivity index (χ1n) is 5.96. The maximum absolute atomic E-state index is 12.4. The number of nitrogen functional groups attached to an aromatic ring is 1. The Labute approximate surface area is 113 Å². The van der Waals surface area contributed by atoms with E-state index in [9.17, 15) is 8.42 Å². The molecule has 100 valence electrons. The summed E-state index contributed by atoms with van der Waals surface area (Å²) < 4.78 is 26.4. The van der Waals surface area contributed by atoms with E-state index >= 15 is 0 Å². The van der Waals surface area contributed by atoms with Gasteiger partial charge in [-0.15, -0.1) is 0 Å². The Morgan fingerprint density at radius 1 is 1.44 bits per heavy atom. The normalized spacial score (nSPS) is 22.0. The highest BCUT2D eigenvalue weighted by molar-refractivity contribution is 7.89. The smallest absolute Gasteiger partial charge is 0.243 e. The van der Waals surface area contributed by atoms with Gasteiger partial charge in [0, 0.05) is 13.1 Å². The van der Waals surface area contributed by atoms with Crippen LogP contribution in [0.5, 0.6) is 0 Å². The molecule has 1 aliphatic heterocycles. The quantitative estimate of drug-likeness (QED) is 0.850. The average Bonchev–Trinajstić information content (AvgIpc) is 2.32. The fourth-order valence-electron chi connectivity index (χ4n) is 2.20. The topological polar surface area (TPSA) is 63.4 Å². The van der Waals surface area contributed by atoms with Crippen LogP contribution in [0.1, 0.15) is 19.8 Å². The Morgan fingerprint density at radius 2 is 2.17 bits per heavy atom. The van der Waals surface area contributed by atoms with Crippen LogP contribution in [0, 0.1) is 5.92 Å². The molecule has 0 spiro atoms. The van der Waals surface area contributed by atoms with E-state index in [1.165, 1.54) is 22.5 Å². The molecule has 0 radical (unpaired) electrons. The van der Waals surface area contributed by atoms with Crippen LogP contribution in [0.4, 0.5) is 5.69 Å². The SMILES string of the molecule is CC1CCCN(S(=O)(=O)c2ccc(Cl)c(N)c2)C1. The molecule has 1 heterocycles. The van der Waals surface area contributed by atoms with Crippen molar-refractivity contribution in [1.82, 2.24) is 4.31 Å². The minimum Gasteiger partial charge on any atom is -0.397 e. The van der Waals surface area contributed by atoms with Gasteiger partial charge in [-0.2, -0.15) is 4.31 Å². The molecule has 1 aromatic rings. The van der Waals surface area contributed by atoms with Crippen molar-refractivity contribution in [3.05, 3.63) is 23.2 Å². The highest BCUT2D eigenvalue weighted by atomic mass is 35.5. The molecular formula is C12H17ClN2O2S. The number of halogens is 1. The number of rotatable bonds is 2. The molecule has 1 unspecified atom stereocenters. The summed E-state index contributed by atoms with van der Waals surface area (Å²) in [5.41, 5.74) is 5.95. The maximum atomic E-state index is 12.4. The number of hydrogen-bond acceptors (Lipinski definition) is 3. The van der Waals surface area contributed by atoms with Gasteiger partial charge < -0.3 is 5.73 Å². The molecular weight excluding hydrogens is 272 g/mol. The minimum absolute atomic E-state index is 0.221. The monoisotopic (exact) mass is 288 g/mol. The lowest BCUT2D eigenvalue weighted by Crippen LogP contribution is -2.39. The highest BCUT2D eigenvalue weighted by Gasteiger charge is 2.28. The van der Waals surface area contributed by atoms with Crippen LogP contribution < -0.4 is 5.73 Å². The van der Waals surface area contributed by atoms with Crippen molar-refractivity contribution in [1.29, 1.82) is 0 Å². The van der Waals surface area contributed by atoms with E-state index in [2.05, 4.69) is 6.92 Å². The van der Waals surface area contributed by atoms with E-state index < -0.39 is 10.0 Å². The van der Waals surface area contributed by atoms with Gasteiger partial charge in [0.1, 0.15) is 0 Å². The molecule has 0 amide bonds. The zero-order valence-electron chi connectivity index (χ0n) is 10.3. The maximum Gasteiger partial charge on any atom is 0.243 e. The summed E-state index contributed by atoms with van der Waals surface area (Å²) in [6.45, 7) is 3.22. The lowest BCUT2D eigenvalue weighted by Gasteiger charge is -2.30. The van der Waals surface area contributed by atoms with Crippen LogP contribution in [-0.4, -0.2) is 25.8 Å². The Balaban J connectivity index is 2.32. The second kappa shape index (κ2) is 5.07. The van der Waals surface area contributed by atoms with Crippen molar-refractivity contribution < 1.29 is 8.42 Å². The zero-order chi connectivity index (χ0) is 13.3. The van der Waals surface area contributed by atoms with Gasteiger partial charge in [-0.25, -0.2) is 8.42 Å². The summed E-state index contributed by atoms with van der Waals surface area (Å²) in [5, 5.41) is 0.376. The minimum atomic E-state index is -3.44. The molecule has 1 atom stereocenters. The molecule has 1 saturated heterocycles. The molecule has 0 aliphatic carbocycles. The number of hydrogen-bond donors (Lipinski definition) is 1. The van der Waals surface area contributed by atoms with E-state index in [-0.39, 0.29) is 4.90 Å². The summed E-state index contributed by atoms with van der Waals surface area (Å²) in [6, 6.07) is 4.46. The van der Waals surface area contributed by atoms with Crippen molar-refractivity contribution in [3.63, 3.8) is 0 Å². The summed E-state index contributed by atoms with van der Waals surface area (Å²) in [6.07, 6.45) is 1.98. The number of anilines is 1. The van der Waals surface area contributed by atoms with Gasteiger partial charge in [-0.05, 0) is 37.0 Å². The summed E-state index contributed by atoms with van der Waals surface area (Å²) in [5.74, 6) is 0.401. The number of sulfonamides is 1. The average molecular weight is 289 g/mol. The first kappa shape index (κ1) is 13.6. The fraction of sp³-hybridized carbons (Fsp3) is 0.500. The molecule has 0 saturated carbocycles. The fourth-order valence-corrected chi connectivity index (χ4v) is 3.95. The summed E-state index contributed by atoms with van der Waals surface area (Å²) in [7, 11) is -3.44. The molecule has 4 nitrogen and oxygen atoms in total. The highest BCUT2D eigenvalue weighted by Crippen LogP contribution is 2.27. The molecule has 6 heteroatoms. The van der Waals surface area contributed by atoms with Gasteiger partial charge in [0.25, 0.3) is 0 Å². The van der Waals surface area contributed by atoms with Crippen molar-refractivity contribution >= 4 is 27.3 Å². The second-order valence-corrected chi connectivity index (χ2v) is 7.14. The van der Waals surface area contributed by atoms with Gasteiger partial charge in [0.05, 0.1) is 15.6 Å². The van der Waals surface area contributed by atoms with E-state index in [0.29, 0.717) is 29.7 Å². The molecule has 2 N–H and O–H groups in total. The number of nitrogens with zero attached hydrogens (tertiary/aromatic N) is 1. The molecule has 0 bridgehead atoms. The summed E-state index contributed by atoms with van der Waals surface area (Å²) >= 11 is 5.81. The van der Waals surface area contributed by atoms with Crippen LogP contribution >= 0.6 is 11.6 Å². The predicted molar refractivity (Wildman–Crippen MR) is 73.0 cm³/mol. The van der Waals surface area contributed by atoms with Crippen LogP contribution in [0.15, 0.2) is 23.1 Å². The lowest BCUT2D eigenvalue weighted by atomic mass is 10.0. The van der Waals surface area contributed by atoms with Crippen LogP contribution in [0.2, 0.25) is 5.02 Å². The molecule has 0 aromatic heterocycles. The van der Waals surface area contributed by atoms with Gasteiger partial charge in [-0.1, -0.05) is 18.5 Å². The molecule has 18 heavy (non-hydrogen) atoms. The molecule has 1 aromatic carbocycles. The van der Waals surface area contributed by atoms with E-state index in [0.717, 1.165) is 12.8 Å². The third-order valence-corrected chi connectivity index (χ3v) is 5.43. The molecule has 1 fully saturated rings. The van der Waals surface area contributed by atoms with Crippen molar-refractivity contribution in [2.75, 3.05) is 18.8 Å². The Bertz CT molecular complexity index is 545. The van der Waals surface area contributed by atoms with E-state index in [4.69, 9.17) is 17.3 Å². The van der Waals surface area contributed by atoms with Gasteiger partial charge in [-0.3, -0.25) is 0 Å². The first-order chi connectivity index (χ1) is 8.41. The van der Waals surface area contributed by atoms with Crippen molar-refractivity contribution in [2.45, 2.75) is 24.7 Å². The van der Waals surface area contributed by atoms with E-state index in [1.54, 1.807) is 0 Å². The third-order valence-electron chi connectivity index (χ3n) is 3.22. The number of nitrogens with two attached hydrogens (primary N) is 1. The number of piperidine rings is 1.